The van der Waals surface area contributed by atoms with Crippen LogP contribution in [-0.4, -0.2) is 41.2 Å². The Hall–Kier alpha value is -4.42. The number of carbonyl (C=O) groups is 2. The Kier molecular flexibility index (Phi) is 6.52. The number of hydrogen-bond acceptors (Lipinski definition) is 4. The maximum Gasteiger partial charge on any atom is 0.325 e. The lowest BCUT2D eigenvalue weighted by atomic mass is 9.82. The molecule has 3 amide bonds. The number of hydrogen-bond donors (Lipinski definition) is 2. The van der Waals surface area contributed by atoms with Gasteiger partial charge < -0.3 is 15.2 Å². The summed E-state index contributed by atoms with van der Waals surface area (Å²) in [5.74, 6) is 0.157. The number of aliphatic hydroxyl groups excluding tert-OH is 1. The van der Waals surface area contributed by atoms with Crippen LogP contribution < -0.4 is 10.1 Å². The van der Waals surface area contributed by atoms with Crippen LogP contribution in [0.25, 0.3) is 11.1 Å². The summed E-state index contributed by atoms with van der Waals surface area (Å²) in [4.78, 5) is 27.7. The zero-order valence-corrected chi connectivity index (χ0v) is 19.6. The van der Waals surface area contributed by atoms with Gasteiger partial charge in [0, 0.05) is 0 Å². The first-order valence-corrected chi connectivity index (χ1v) is 11.8. The predicted molar refractivity (Wildman–Crippen MR) is 137 cm³/mol. The van der Waals surface area contributed by atoms with E-state index in [1.165, 1.54) is 0 Å². The minimum atomic E-state index is -1.35. The number of nitrogens with one attached hydrogen (secondary N) is 1. The first-order valence-electron chi connectivity index (χ1n) is 11.8. The maximum atomic E-state index is 13.7. The summed E-state index contributed by atoms with van der Waals surface area (Å²) in [7, 11) is 0. The molecule has 4 aromatic rings. The summed E-state index contributed by atoms with van der Waals surface area (Å²) in [6, 6.07) is 35.3. The van der Waals surface area contributed by atoms with E-state index < -0.39 is 23.6 Å². The third-order valence-electron chi connectivity index (χ3n) is 6.32. The second-order valence-corrected chi connectivity index (χ2v) is 8.68. The van der Waals surface area contributed by atoms with Crippen LogP contribution in [0.15, 0.2) is 115 Å². The summed E-state index contributed by atoms with van der Waals surface area (Å²) in [5.41, 5.74) is 2.11. The number of nitrogens with zero attached hydrogens (tertiary/aromatic N) is 1. The number of aliphatic hydroxyl groups is 1. The topological polar surface area (TPSA) is 78.9 Å². The molecular weight excluding hydrogens is 452 g/mol. The summed E-state index contributed by atoms with van der Waals surface area (Å²) in [6.45, 7) is -0.250. The third kappa shape index (κ3) is 4.46. The first kappa shape index (κ1) is 23.3. The van der Waals surface area contributed by atoms with Gasteiger partial charge in [0.2, 0.25) is 0 Å². The standard InChI is InChI=1S/C30H26N2O4/c33-26(21-36-27-18-16-23(17-19-27)22-10-4-1-5-11-22)20-32-28(34)30(31-29(32)35,24-12-6-2-7-13-24)25-14-8-3-9-15-25/h1-19,26,33H,20-21H2,(H,31,35). The van der Waals surface area contributed by atoms with Crippen LogP contribution in [-0.2, 0) is 10.3 Å². The molecule has 1 atom stereocenters. The monoisotopic (exact) mass is 478 g/mol. The van der Waals surface area contributed by atoms with E-state index in [1.54, 1.807) is 0 Å². The largest absolute Gasteiger partial charge is 0.491 e. The van der Waals surface area contributed by atoms with Gasteiger partial charge in [-0.05, 0) is 34.4 Å². The smallest absolute Gasteiger partial charge is 0.325 e. The number of carbonyl (C=O) groups excluding carboxylic acids is 2. The molecule has 1 fully saturated rings. The number of imide groups is 1. The fourth-order valence-corrected chi connectivity index (χ4v) is 4.51. The molecule has 1 saturated heterocycles. The van der Waals surface area contributed by atoms with Crippen LogP contribution in [0.3, 0.4) is 0 Å². The van der Waals surface area contributed by atoms with Crippen LogP contribution in [0.5, 0.6) is 5.75 Å². The highest BCUT2D eigenvalue weighted by molar-refractivity contribution is 6.09. The number of β-amino-alcohol motifs (C(OH)–C–C–N with tert-alkyl or cyclic N) is 1. The average molecular weight is 479 g/mol. The Bertz CT molecular complexity index is 1290. The van der Waals surface area contributed by atoms with Crippen molar-refractivity contribution in [2.45, 2.75) is 11.6 Å². The molecule has 1 heterocycles. The van der Waals surface area contributed by atoms with E-state index in [2.05, 4.69) is 5.32 Å². The van der Waals surface area contributed by atoms with Crippen molar-refractivity contribution in [3.63, 3.8) is 0 Å². The van der Waals surface area contributed by atoms with E-state index in [4.69, 9.17) is 4.74 Å². The van der Waals surface area contributed by atoms with Crippen LogP contribution >= 0.6 is 0 Å². The van der Waals surface area contributed by atoms with E-state index in [-0.39, 0.29) is 13.2 Å². The fraction of sp³-hybridized carbons (Fsp3) is 0.133. The Morgan fingerprint density at radius 3 is 1.78 bits per heavy atom. The van der Waals surface area contributed by atoms with Gasteiger partial charge in [-0.25, -0.2) is 4.79 Å². The van der Waals surface area contributed by atoms with E-state index in [0.717, 1.165) is 16.0 Å². The van der Waals surface area contributed by atoms with Gasteiger partial charge in [-0.3, -0.25) is 9.69 Å². The second kappa shape index (κ2) is 10.1. The van der Waals surface area contributed by atoms with Crippen molar-refractivity contribution in [1.82, 2.24) is 10.2 Å². The minimum absolute atomic E-state index is 0.0641. The fourth-order valence-electron chi connectivity index (χ4n) is 4.51. The molecule has 180 valence electrons. The molecule has 0 aromatic heterocycles. The van der Waals surface area contributed by atoms with E-state index in [1.807, 2.05) is 115 Å². The van der Waals surface area contributed by atoms with Gasteiger partial charge in [-0.2, -0.15) is 0 Å². The number of rotatable bonds is 8. The van der Waals surface area contributed by atoms with E-state index >= 15 is 0 Å². The lowest BCUT2D eigenvalue weighted by Crippen LogP contribution is -2.46. The average Bonchev–Trinajstić information content (AvgIpc) is 3.19. The molecule has 6 heteroatoms. The van der Waals surface area contributed by atoms with Gasteiger partial charge in [-0.15, -0.1) is 0 Å². The van der Waals surface area contributed by atoms with Crippen LogP contribution in [0.1, 0.15) is 11.1 Å². The highest BCUT2D eigenvalue weighted by Gasteiger charge is 2.53. The molecule has 4 aromatic carbocycles. The lowest BCUT2D eigenvalue weighted by molar-refractivity contribution is -0.131. The number of ether oxygens (including phenoxy) is 1. The van der Waals surface area contributed by atoms with Gasteiger partial charge in [0.1, 0.15) is 18.5 Å². The predicted octanol–water partition coefficient (Wildman–Crippen LogP) is 4.59. The van der Waals surface area contributed by atoms with E-state index in [9.17, 15) is 14.7 Å². The molecule has 0 spiro atoms. The molecular formula is C30H26N2O4. The second-order valence-electron chi connectivity index (χ2n) is 8.68. The summed E-state index contributed by atoms with van der Waals surface area (Å²) < 4.78 is 5.74. The highest BCUT2D eigenvalue weighted by atomic mass is 16.5. The number of urea groups is 1. The first-order chi connectivity index (χ1) is 17.6. The summed E-state index contributed by atoms with van der Waals surface area (Å²) >= 11 is 0. The molecule has 0 aliphatic carbocycles. The van der Waals surface area contributed by atoms with Gasteiger partial charge in [0.25, 0.3) is 5.91 Å². The molecule has 1 aliphatic rings. The molecule has 5 rings (SSSR count). The zero-order valence-electron chi connectivity index (χ0n) is 19.6. The molecule has 36 heavy (non-hydrogen) atoms. The van der Waals surface area contributed by atoms with Gasteiger partial charge in [0.15, 0.2) is 5.54 Å². The van der Waals surface area contributed by atoms with Crippen molar-refractivity contribution in [3.05, 3.63) is 126 Å². The molecule has 6 nitrogen and oxygen atoms in total. The Morgan fingerprint density at radius 2 is 1.22 bits per heavy atom. The highest BCUT2D eigenvalue weighted by Crippen LogP contribution is 2.36. The Morgan fingerprint density at radius 1 is 0.722 bits per heavy atom. The third-order valence-corrected chi connectivity index (χ3v) is 6.32. The van der Waals surface area contributed by atoms with Crippen LogP contribution in [0.2, 0.25) is 0 Å². The van der Waals surface area contributed by atoms with Crippen molar-refractivity contribution >= 4 is 11.9 Å². The Balaban J connectivity index is 1.29. The number of amides is 3. The zero-order chi connectivity index (χ0) is 25.0. The summed E-state index contributed by atoms with van der Waals surface area (Å²) in [5, 5.41) is 13.5. The quantitative estimate of drug-likeness (QED) is 0.363. The maximum absolute atomic E-state index is 13.7. The van der Waals surface area contributed by atoms with Crippen molar-refractivity contribution in [2.75, 3.05) is 13.2 Å². The van der Waals surface area contributed by atoms with Crippen LogP contribution in [0, 0.1) is 0 Å². The van der Waals surface area contributed by atoms with Gasteiger partial charge in [0.05, 0.1) is 6.54 Å². The molecule has 0 radical (unpaired) electrons. The minimum Gasteiger partial charge on any atom is -0.491 e. The van der Waals surface area contributed by atoms with Crippen molar-refractivity contribution < 1.29 is 19.4 Å². The van der Waals surface area contributed by atoms with Crippen molar-refractivity contribution in [2.24, 2.45) is 0 Å². The molecule has 1 unspecified atom stereocenters. The van der Waals surface area contributed by atoms with E-state index in [0.29, 0.717) is 16.9 Å². The van der Waals surface area contributed by atoms with Crippen LogP contribution in [0.4, 0.5) is 4.79 Å². The van der Waals surface area contributed by atoms with Crippen molar-refractivity contribution in [1.29, 1.82) is 0 Å². The molecule has 1 aliphatic heterocycles. The SMILES string of the molecule is O=C1NC(c2ccccc2)(c2ccccc2)C(=O)N1CC(O)COc1ccc(-c2ccccc2)cc1. The van der Waals surface area contributed by atoms with Gasteiger partial charge in [-0.1, -0.05) is 103 Å². The Labute approximate surface area is 209 Å². The molecule has 0 saturated carbocycles. The number of benzene rings is 4. The molecule has 0 bridgehead atoms. The summed E-state index contributed by atoms with van der Waals surface area (Å²) in [6.07, 6.45) is -1.06. The van der Waals surface area contributed by atoms with Crippen molar-refractivity contribution in [3.8, 4) is 16.9 Å². The lowest BCUT2D eigenvalue weighted by Gasteiger charge is -2.28. The molecule has 2 N–H and O–H groups in total. The normalized spacial score (nSPS) is 15.4. The van der Waals surface area contributed by atoms with Gasteiger partial charge >= 0.3 is 6.03 Å².